The summed E-state index contributed by atoms with van der Waals surface area (Å²) in [5, 5.41) is 13.5. The lowest BCUT2D eigenvalue weighted by Gasteiger charge is -2.08. The second-order valence-corrected chi connectivity index (χ2v) is 5.04. The van der Waals surface area contributed by atoms with Crippen molar-refractivity contribution in [3.8, 4) is 45.4 Å². The second kappa shape index (κ2) is 5.24. The standard InChI is InChI=1S/C17H13NO5/c1-20-14-6-11(7-15-17(14)22-9-21-15)16-13(8-23-18-16)10-2-4-12(19)5-3-10/h2-8,19H,9H2,1H3. The highest BCUT2D eigenvalue weighted by Gasteiger charge is 2.23. The average Bonchev–Trinajstić information content (AvgIpc) is 3.23. The summed E-state index contributed by atoms with van der Waals surface area (Å²) >= 11 is 0. The summed E-state index contributed by atoms with van der Waals surface area (Å²) in [6, 6.07) is 10.5. The largest absolute Gasteiger partial charge is 0.508 e. The zero-order valence-corrected chi connectivity index (χ0v) is 12.3. The summed E-state index contributed by atoms with van der Waals surface area (Å²) in [7, 11) is 1.57. The van der Waals surface area contributed by atoms with Crippen LogP contribution in [0, 0.1) is 0 Å². The molecule has 0 spiro atoms. The molecule has 6 nitrogen and oxygen atoms in total. The van der Waals surface area contributed by atoms with Crippen molar-refractivity contribution in [2.24, 2.45) is 0 Å². The van der Waals surface area contributed by atoms with Gasteiger partial charge in [0.2, 0.25) is 12.5 Å². The van der Waals surface area contributed by atoms with Crippen molar-refractivity contribution < 1.29 is 23.8 Å². The number of aromatic hydroxyl groups is 1. The molecule has 0 unspecified atom stereocenters. The minimum absolute atomic E-state index is 0.165. The molecule has 2 heterocycles. The van der Waals surface area contributed by atoms with Gasteiger partial charge in [-0.25, -0.2) is 0 Å². The molecule has 116 valence electrons. The van der Waals surface area contributed by atoms with Crippen LogP contribution in [0.25, 0.3) is 22.4 Å². The monoisotopic (exact) mass is 311 g/mol. The molecule has 0 bridgehead atoms. The average molecular weight is 311 g/mol. The maximum Gasteiger partial charge on any atom is 0.231 e. The van der Waals surface area contributed by atoms with E-state index >= 15 is 0 Å². The van der Waals surface area contributed by atoms with Gasteiger partial charge >= 0.3 is 0 Å². The van der Waals surface area contributed by atoms with Gasteiger partial charge in [-0.05, 0) is 29.8 Å². The van der Waals surface area contributed by atoms with Gasteiger partial charge in [-0.3, -0.25) is 0 Å². The van der Waals surface area contributed by atoms with Crippen LogP contribution in [-0.2, 0) is 0 Å². The van der Waals surface area contributed by atoms with Gasteiger partial charge in [0.1, 0.15) is 17.7 Å². The molecule has 1 aliphatic rings. The predicted molar refractivity (Wildman–Crippen MR) is 81.7 cm³/mol. The van der Waals surface area contributed by atoms with Crippen molar-refractivity contribution in [1.29, 1.82) is 0 Å². The molecule has 0 atom stereocenters. The molecule has 4 rings (SSSR count). The van der Waals surface area contributed by atoms with Gasteiger partial charge in [0.25, 0.3) is 0 Å². The summed E-state index contributed by atoms with van der Waals surface area (Å²) in [6.45, 7) is 0.165. The second-order valence-electron chi connectivity index (χ2n) is 5.04. The highest BCUT2D eigenvalue weighted by molar-refractivity contribution is 5.82. The van der Waals surface area contributed by atoms with Gasteiger partial charge in [0.15, 0.2) is 11.5 Å². The number of hydrogen-bond acceptors (Lipinski definition) is 6. The van der Waals surface area contributed by atoms with Gasteiger partial charge < -0.3 is 23.8 Å². The Balaban J connectivity index is 1.83. The fraction of sp³-hybridized carbons (Fsp3) is 0.118. The van der Waals surface area contributed by atoms with Crippen molar-refractivity contribution in [1.82, 2.24) is 5.16 Å². The third kappa shape index (κ3) is 2.24. The van der Waals surface area contributed by atoms with Crippen molar-refractivity contribution in [3.63, 3.8) is 0 Å². The maximum absolute atomic E-state index is 9.43. The first-order chi connectivity index (χ1) is 11.3. The molecule has 6 heteroatoms. The summed E-state index contributed by atoms with van der Waals surface area (Å²) in [4.78, 5) is 0. The molecule has 0 saturated carbocycles. The molecular weight excluding hydrogens is 298 g/mol. The van der Waals surface area contributed by atoms with Crippen LogP contribution in [-0.4, -0.2) is 24.2 Å². The molecule has 0 radical (unpaired) electrons. The van der Waals surface area contributed by atoms with Gasteiger partial charge in [0, 0.05) is 11.1 Å². The van der Waals surface area contributed by atoms with Crippen LogP contribution >= 0.6 is 0 Å². The molecule has 0 aliphatic carbocycles. The van der Waals surface area contributed by atoms with Crippen LogP contribution in [0.1, 0.15) is 0 Å². The summed E-state index contributed by atoms with van der Waals surface area (Å²) in [6.07, 6.45) is 1.57. The van der Waals surface area contributed by atoms with Crippen LogP contribution in [0.4, 0.5) is 0 Å². The molecule has 1 aromatic heterocycles. The van der Waals surface area contributed by atoms with E-state index in [0.717, 1.165) is 16.7 Å². The molecule has 1 N–H and O–H groups in total. The normalized spacial score (nSPS) is 12.4. The van der Waals surface area contributed by atoms with Crippen molar-refractivity contribution in [2.75, 3.05) is 13.9 Å². The molecule has 2 aromatic carbocycles. The highest BCUT2D eigenvalue weighted by atomic mass is 16.7. The number of hydrogen-bond donors (Lipinski definition) is 1. The van der Waals surface area contributed by atoms with Crippen LogP contribution in [0.2, 0.25) is 0 Å². The first kappa shape index (κ1) is 13.5. The van der Waals surface area contributed by atoms with E-state index in [0.29, 0.717) is 22.9 Å². The lowest BCUT2D eigenvalue weighted by atomic mass is 10.0. The minimum atomic E-state index is 0.165. The van der Waals surface area contributed by atoms with E-state index in [1.165, 1.54) is 0 Å². The Morgan fingerprint density at radius 3 is 2.70 bits per heavy atom. The van der Waals surface area contributed by atoms with Gasteiger partial charge in [0.05, 0.1) is 7.11 Å². The first-order valence-electron chi connectivity index (χ1n) is 6.98. The molecule has 0 saturated heterocycles. The summed E-state index contributed by atoms with van der Waals surface area (Å²) < 4.78 is 21.4. The lowest BCUT2D eigenvalue weighted by molar-refractivity contribution is 0.171. The maximum atomic E-state index is 9.43. The van der Waals surface area contributed by atoms with Crippen LogP contribution < -0.4 is 14.2 Å². The Hall–Kier alpha value is -3.15. The quantitative estimate of drug-likeness (QED) is 0.798. The Labute approximate surface area is 131 Å². The summed E-state index contributed by atoms with van der Waals surface area (Å²) in [5.41, 5.74) is 3.15. The van der Waals surface area contributed by atoms with E-state index in [1.54, 1.807) is 37.6 Å². The fourth-order valence-corrected chi connectivity index (χ4v) is 2.56. The number of phenolic OH excluding ortho intramolecular Hbond substituents is 1. The van der Waals surface area contributed by atoms with Crippen LogP contribution in [0.3, 0.4) is 0 Å². The van der Waals surface area contributed by atoms with E-state index in [-0.39, 0.29) is 12.5 Å². The number of ether oxygens (including phenoxy) is 3. The zero-order chi connectivity index (χ0) is 15.8. The van der Waals surface area contributed by atoms with Gasteiger partial charge in [-0.2, -0.15) is 0 Å². The smallest absolute Gasteiger partial charge is 0.231 e. The molecule has 3 aromatic rings. The fourth-order valence-electron chi connectivity index (χ4n) is 2.56. The molecule has 0 amide bonds. The Morgan fingerprint density at radius 2 is 1.91 bits per heavy atom. The molecule has 0 fully saturated rings. The molecule has 23 heavy (non-hydrogen) atoms. The van der Waals surface area contributed by atoms with E-state index in [4.69, 9.17) is 18.7 Å². The van der Waals surface area contributed by atoms with Crippen molar-refractivity contribution in [3.05, 3.63) is 42.7 Å². The topological polar surface area (TPSA) is 74.0 Å². The van der Waals surface area contributed by atoms with Crippen molar-refractivity contribution >= 4 is 0 Å². The molecule has 1 aliphatic heterocycles. The number of methoxy groups -OCH3 is 1. The third-order valence-corrected chi connectivity index (χ3v) is 3.68. The van der Waals surface area contributed by atoms with Crippen LogP contribution in [0.15, 0.2) is 47.2 Å². The minimum Gasteiger partial charge on any atom is -0.508 e. The number of fused-ring (bicyclic) bond motifs is 1. The number of phenols is 1. The number of aromatic nitrogens is 1. The number of rotatable bonds is 3. The third-order valence-electron chi connectivity index (χ3n) is 3.68. The zero-order valence-electron chi connectivity index (χ0n) is 12.3. The van der Waals surface area contributed by atoms with E-state index in [2.05, 4.69) is 5.16 Å². The van der Waals surface area contributed by atoms with E-state index in [9.17, 15) is 5.11 Å². The predicted octanol–water partition coefficient (Wildman–Crippen LogP) is 3.45. The highest BCUT2D eigenvalue weighted by Crippen LogP contribution is 2.45. The van der Waals surface area contributed by atoms with Crippen molar-refractivity contribution in [2.45, 2.75) is 0 Å². The van der Waals surface area contributed by atoms with E-state index < -0.39 is 0 Å². The van der Waals surface area contributed by atoms with E-state index in [1.807, 2.05) is 12.1 Å². The Bertz CT molecular complexity index is 854. The Kier molecular flexibility index (Phi) is 3.08. The molecular formula is C17H13NO5. The SMILES string of the molecule is COc1cc(-c2nocc2-c2ccc(O)cc2)cc2c1OCO2. The summed E-state index contributed by atoms with van der Waals surface area (Å²) in [5.74, 6) is 1.98. The lowest BCUT2D eigenvalue weighted by Crippen LogP contribution is -1.93. The Morgan fingerprint density at radius 1 is 1.09 bits per heavy atom. The van der Waals surface area contributed by atoms with Gasteiger partial charge in [-0.1, -0.05) is 17.3 Å². The first-order valence-corrected chi connectivity index (χ1v) is 6.98. The number of benzene rings is 2. The van der Waals surface area contributed by atoms with Gasteiger partial charge in [-0.15, -0.1) is 0 Å². The number of nitrogens with zero attached hydrogens (tertiary/aromatic N) is 1. The van der Waals surface area contributed by atoms with Crippen LogP contribution in [0.5, 0.6) is 23.0 Å².